The number of likely N-dealkylation sites (tertiary alicyclic amines) is 1. The van der Waals surface area contributed by atoms with Crippen LogP contribution in [-0.2, 0) is 14.9 Å². The van der Waals surface area contributed by atoms with E-state index in [0.29, 0.717) is 18.4 Å². The first-order valence-corrected chi connectivity index (χ1v) is 19.4. The van der Waals surface area contributed by atoms with Crippen LogP contribution in [0, 0.1) is 24.2 Å². The Labute approximate surface area is 294 Å². The van der Waals surface area contributed by atoms with Crippen molar-refractivity contribution in [2.75, 3.05) is 31.6 Å². The molecular weight excluding hydrogens is 633 g/mol. The molecule has 8 nitrogen and oxygen atoms in total. The minimum absolute atomic E-state index is 0.0847. The molecule has 6 fully saturated rings. The molecule has 3 heterocycles. The highest BCUT2D eigenvalue weighted by Crippen LogP contribution is 2.58. The van der Waals surface area contributed by atoms with Gasteiger partial charge in [0, 0.05) is 43.9 Å². The lowest BCUT2D eigenvalue weighted by molar-refractivity contribution is -0.124. The highest BCUT2D eigenvalue weighted by Gasteiger charge is 2.51. The number of pyridine rings is 1. The van der Waals surface area contributed by atoms with Crippen molar-refractivity contribution in [1.82, 2.24) is 14.9 Å². The van der Waals surface area contributed by atoms with Crippen LogP contribution in [0.1, 0.15) is 106 Å². The van der Waals surface area contributed by atoms with Crippen LogP contribution in [0.2, 0.25) is 0 Å². The van der Waals surface area contributed by atoms with Crippen molar-refractivity contribution in [1.29, 1.82) is 0 Å². The fraction of sp³-hybridized carbons (Fsp3) is 0.600. The van der Waals surface area contributed by atoms with Gasteiger partial charge in [0.1, 0.15) is 17.7 Å². The van der Waals surface area contributed by atoms with E-state index in [-0.39, 0.29) is 34.9 Å². The van der Waals surface area contributed by atoms with E-state index in [1.807, 2.05) is 12.4 Å². The fourth-order valence-electron chi connectivity index (χ4n) is 9.12. The minimum atomic E-state index is -0.196. The van der Waals surface area contributed by atoms with E-state index in [2.05, 4.69) is 49.1 Å². The van der Waals surface area contributed by atoms with Crippen LogP contribution in [0.25, 0.3) is 10.4 Å². The monoisotopic (exact) mass is 682 g/mol. The van der Waals surface area contributed by atoms with E-state index in [4.69, 9.17) is 19.4 Å². The summed E-state index contributed by atoms with van der Waals surface area (Å²) in [7, 11) is 1.74. The summed E-state index contributed by atoms with van der Waals surface area (Å²) in [5.74, 6) is 2.95. The molecule has 5 aliphatic carbocycles. The molecule has 6 aliphatic rings. The number of nitrogens with zero attached hydrogens (tertiary/aromatic N) is 4. The van der Waals surface area contributed by atoms with E-state index >= 15 is 0 Å². The molecule has 260 valence electrons. The van der Waals surface area contributed by atoms with Crippen LogP contribution in [0.15, 0.2) is 42.7 Å². The number of thiazole rings is 1. The first-order valence-electron chi connectivity index (χ1n) is 18.6. The van der Waals surface area contributed by atoms with Gasteiger partial charge >= 0.3 is 6.09 Å². The molecule has 0 unspecified atom stereocenters. The summed E-state index contributed by atoms with van der Waals surface area (Å²) in [5.41, 5.74) is 4.02. The van der Waals surface area contributed by atoms with Crippen molar-refractivity contribution >= 4 is 29.2 Å². The van der Waals surface area contributed by atoms with Gasteiger partial charge in [-0.1, -0.05) is 19.1 Å². The van der Waals surface area contributed by atoms with Crippen LogP contribution in [0.3, 0.4) is 0 Å². The number of carbonyl (C=O) groups is 2. The number of aryl methyl sites for hydroxylation is 1. The summed E-state index contributed by atoms with van der Waals surface area (Å²) < 4.78 is 11.4. The number of hydrogen-bond acceptors (Lipinski definition) is 7. The van der Waals surface area contributed by atoms with E-state index in [9.17, 15) is 9.59 Å². The molecule has 2 aromatic heterocycles. The number of anilines is 1. The van der Waals surface area contributed by atoms with Gasteiger partial charge in [0.2, 0.25) is 5.91 Å². The largest absolute Gasteiger partial charge is 0.496 e. The number of rotatable bonds is 9. The lowest BCUT2D eigenvalue weighted by Crippen LogP contribution is -2.52. The van der Waals surface area contributed by atoms with Crippen LogP contribution in [0.5, 0.6) is 5.75 Å². The van der Waals surface area contributed by atoms with Crippen LogP contribution in [-0.4, -0.2) is 59.7 Å². The topological polar surface area (TPSA) is 84.9 Å². The highest BCUT2D eigenvalue weighted by atomic mass is 32.1. The summed E-state index contributed by atoms with van der Waals surface area (Å²) in [6.45, 7) is 6.55. The first kappa shape index (κ1) is 32.7. The second-order valence-corrected chi connectivity index (χ2v) is 17.1. The Balaban J connectivity index is 1.01. The third kappa shape index (κ3) is 6.48. The molecule has 1 aromatic carbocycles. The zero-order valence-corrected chi connectivity index (χ0v) is 30.1. The predicted octanol–water partition coefficient (Wildman–Crippen LogP) is 8.67. The van der Waals surface area contributed by atoms with Crippen molar-refractivity contribution in [3.05, 3.63) is 58.9 Å². The Morgan fingerprint density at radius 2 is 1.69 bits per heavy atom. The molecule has 9 heteroatoms. The molecular formula is C40H50N4O4S. The van der Waals surface area contributed by atoms with Crippen LogP contribution in [0.4, 0.5) is 10.6 Å². The molecule has 0 N–H and O–H groups in total. The molecule has 3 aromatic rings. The van der Waals surface area contributed by atoms with Crippen LogP contribution < -0.4 is 9.64 Å². The Morgan fingerprint density at radius 3 is 2.35 bits per heavy atom. The lowest BCUT2D eigenvalue weighted by Gasteiger charge is -2.55. The van der Waals surface area contributed by atoms with Gasteiger partial charge in [-0.25, -0.2) is 14.8 Å². The van der Waals surface area contributed by atoms with E-state index in [0.717, 1.165) is 99.3 Å². The van der Waals surface area contributed by atoms with Crippen LogP contribution >= 0.6 is 11.3 Å². The summed E-state index contributed by atoms with van der Waals surface area (Å²) in [5, 5.41) is 1.22. The SMILES string of the molecule is COc1ccc(C23CCC(CN(C(=O)C4CCC(OC(=O)N5CC(C)C5)CC4)c4cc(-c5cnc(C6CC6)s5)ccn4)(CC2)CC3)cc1C. The Bertz CT molecular complexity index is 1680. The fourth-order valence-corrected chi connectivity index (χ4v) is 10.2. The smallest absolute Gasteiger partial charge is 0.410 e. The quantitative estimate of drug-likeness (QED) is 0.225. The van der Waals surface area contributed by atoms with Crippen molar-refractivity contribution in [2.45, 2.75) is 108 Å². The van der Waals surface area contributed by atoms with Crippen molar-refractivity contribution < 1.29 is 19.1 Å². The van der Waals surface area contributed by atoms with Crippen molar-refractivity contribution in [2.24, 2.45) is 17.3 Å². The number of hydrogen-bond donors (Lipinski definition) is 0. The minimum Gasteiger partial charge on any atom is -0.496 e. The maximum atomic E-state index is 14.7. The average Bonchev–Trinajstić information content (AvgIpc) is 3.85. The van der Waals surface area contributed by atoms with Gasteiger partial charge in [0.05, 0.1) is 17.0 Å². The molecule has 1 saturated heterocycles. The van der Waals surface area contributed by atoms with Gasteiger partial charge in [-0.05, 0) is 136 Å². The summed E-state index contributed by atoms with van der Waals surface area (Å²) >= 11 is 1.78. The molecule has 5 saturated carbocycles. The molecule has 49 heavy (non-hydrogen) atoms. The number of ether oxygens (including phenoxy) is 2. The number of amides is 2. The number of fused-ring (bicyclic) bond motifs is 3. The van der Waals surface area contributed by atoms with E-state index in [1.165, 1.54) is 29.0 Å². The molecule has 0 radical (unpaired) electrons. The summed E-state index contributed by atoms with van der Waals surface area (Å²) in [6.07, 6.45) is 15.7. The summed E-state index contributed by atoms with van der Waals surface area (Å²) in [6, 6.07) is 10.9. The predicted molar refractivity (Wildman–Crippen MR) is 192 cm³/mol. The van der Waals surface area contributed by atoms with E-state index < -0.39 is 0 Å². The maximum absolute atomic E-state index is 14.7. The molecule has 2 amide bonds. The standard InChI is InChI=1S/C40H50N4O4S/c1-26-23-43(24-26)38(46)48-32-9-6-29(7-10-32)37(45)44(35-21-30(12-19-41-35)34-22-42-36(49-34)28-4-5-28)25-39-13-16-40(17-14-39,18-15-39)31-8-11-33(47-3)27(2)20-31/h8,11-12,19-22,26,28-29,32H,4-7,9-10,13-18,23-25H2,1-3H3. The third-order valence-corrected chi connectivity index (χ3v) is 13.7. The number of methoxy groups -OCH3 is 1. The van der Waals surface area contributed by atoms with E-state index in [1.54, 1.807) is 23.3 Å². The Morgan fingerprint density at radius 1 is 0.959 bits per heavy atom. The summed E-state index contributed by atoms with van der Waals surface area (Å²) in [4.78, 5) is 41.8. The number of carbonyl (C=O) groups excluding carboxylic acids is 2. The Hall–Kier alpha value is -3.46. The van der Waals surface area contributed by atoms with Crippen molar-refractivity contribution in [3.63, 3.8) is 0 Å². The first-order chi connectivity index (χ1) is 23.7. The number of benzene rings is 1. The third-order valence-electron chi connectivity index (χ3n) is 12.5. The average molecular weight is 683 g/mol. The molecule has 0 spiro atoms. The van der Waals surface area contributed by atoms with Gasteiger partial charge in [0.15, 0.2) is 0 Å². The molecule has 2 bridgehead atoms. The lowest BCUT2D eigenvalue weighted by atomic mass is 9.51. The van der Waals surface area contributed by atoms with Gasteiger partial charge < -0.3 is 14.4 Å². The zero-order valence-electron chi connectivity index (χ0n) is 29.3. The normalized spacial score (nSPS) is 28.2. The van der Waals surface area contributed by atoms with Crippen molar-refractivity contribution in [3.8, 4) is 16.2 Å². The highest BCUT2D eigenvalue weighted by molar-refractivity contribution is 7.15. The van der Waals surface area contributed by atoms with Gasteiger partial charge in [0.25, 0.3) is 0 Å². The second-order valence-electron chi connectivity index (χ2n) is 16.0. The number of aromatic nitrogens is 2. The van der Waals surface area contributed by atoms with Gasteiger partial charge in [-0.2, -0.15) is 0 Å². The second kappa shape index (κ2) is 13.0. The maximum Gasteiger partial charge on any atom is 0.410 e. The zero-order chi connectivity index (χ0) is 33.8. The molecule has 9 rings (SSSR count). The van der Waals surface area contributed by atoms with Gasteiger partial charge in [-0.3, -0.25) is 9.69 Å². The Kier molecular flexibility index (Phi) is 8.69. The molecule has 1 aliphatic heterocycles. The van der Waals surface area contributed by atoms with Gasteiger partial charge in [-0.15, -0.1) is 11.3 Å². The molecule has 0 atom stereocenters.